The van der Waals surface area contributed by atoms with Crippen molar-refractivity contribution in [3.05, 3.63) is 27.0 Å². The minimum absolute atomic E-state index is 0.310. The predicted molar refractivity (Wildman–Crippen MR) is 65.9 cm³/mol. The number of rotatable bonds is 2. The van der Waals surface area contributed by atoms with E-state index < -0.39 is 0 Å². The first kappa shape index (κ1) is 11.0. The fourth-order valence-corrected chi connectivity index (χ4v) is 2.94. The van der Waals surface area contributed by atoms with E-state index in [0.717, 1.165) is 11.3 Å². The molecule has 2 rings (SSSR count). The maximum Gasteiger partial charge on any atom is 0.104 e. The van der Waals surface area contributed by atoms with E-state index in [1.54, 1.807) is 6.20 Å². The van der Waals surface area contributed by atoms with Crippen LogP contribution in [0.1, 0.15) is 19.9 Å². The van der Waals surface area contributed by atoms with E-state index in [-0.39, 0.29) is 0 Å². The molecule has 0 atom stereocenters. The number of hydrogen-bond donors (Lipinski definition) is 0. The monoisotopic (exact) mass is 260 g/mol. The molecule has 2 heterocycles. The van der Waals surface area contributed by atoms with Gasteiger partial charge in [-0.25, -0.2) is 0 Å². The Bertz CT molecular complexity index is 473. The number of aromatic nitrogens is 2. The van der Waals surface area contributed by atoms with Crippen LogP contribution in [-0.4, -0.2) is 9.78 Å². The van der Waals surface area contributed by atoms with Gasteiger partial charge in [-0.05, 0) is 26.0 Å². The Morgan fingerprint density at radius 1 is 1.40 bits per heavy atom. The standard InChI is InChI=1S/C10H10Cl2N2S/c1-6(2)14-8(3-4-13-14)7-5-9(11)15-10(7)12/h3-6H,1-2H3. The summed E-state index contributed by atoms with van der Waals surface area (Å²) in [7, 11) is 0. The SMILES string of the molecule is CC(C)n1nccc1-c1cc(Cl)sc1Cl. The Kier molecular flexibility index (Phi) is 3.05. The van der Waals surface area contributed by atoms with E-state index in [4.69, 9.17) is 23.2 Å². The van der Waals surface area contributed by atoms with Gasteiger partial charge in [0.1, 0.15) is 4.34 Å². The molecule has 80 valence electrons. The lowest BCUT2D eigenvalue weighted by atomic mass is 10.2. The van der Waals surface area contributed by atoms with Gasteiger partial charge in [0, 0.05) is 17.8 Å². The molecule has 0 saturated heterocycles. The van der Waals surface area contributed by atoms with Crippen molar-refractivity contribution in [1.29, 1.82) is 0 Å². The first-order valence-electron chi connectivity index (χ1n) is 4.58. The third-order valence-electron chi connectivity index (χ3n) is 2.09. The Labute approximate surface area is 102 Å². The molecule has 15 heavy (non-hydrogen) atoms. The van der Waals surface area contributed by atoms with E-state index in [0.29, 0.717) is 14.7 Å². The quantitative estimate of drug-likeness (QED) is 0.778. The van der Waals surface area contributed by atoms with Crippen LogP contribution in [0.3, 0.4) is 0 Å². The summed E-state index contributed by atoms with van der Waals surface area (Å²) < 4.78 is 3.35. The summed E-state index contributed by atoms with van der Waals surface area (Å²) in [5.41, 5.74) is 1.97. The number of halogens is 2. The molecule has 0 amide bonds. The van der Waals surface area contributed by atoms with Gasteiger partial charge in [0.15, 0.2) is 0 Å². The normalized spacial score (nSPS) is 11.3. The highest BCUT2D eigenvalue weighted by Crippen LogP contribution is 2.38. The second-order valence-corrected chi connectivity index (χ2v) is 5.78. The van der Waals surface area contributed by atoms with Gasteiger partial charge in [0.05, 0.1) is 10.0 Å². The second kappa shape index (κ2) is 4.16. The van der Waals surface area contributed by atoms with Crippen molar-refractivity contribution >= 4 is 34.5 Å². The van der Waals surface area contributed by atoms with Crippen LogP contribution in [0, 0.1) is 0 Å². The zero-order chi connectivity index (χ0) is 11.0. The summed E-state index contributed by atoms with van der Waals surface area (Å²) in [5, 5.41) is 4.26. The van der Waals surface area contributed by atoms with Crippen LogP contribution in [0.4, 0.5) is 0 Å². The fourth-order valence-electron chi connectivity index (χ4n) is 1.45. The fraction of sp³-hybridized carbons (Fsp3) is 0.300. The lowest BCUT2D eigenvalue weighted by Crippen LogP contribution is -2.04. The van der Waals surface area contributed by atoms with Gasteiger partial charge < -0.3 is 0 Å². The molecule has 2 aromatic heterocycles. The first-order chi connectivity index (χ1) is 7.09. The molecule has 0 unspecified atom stereocenters. The third-order valence-corrected chi connectivity index (χ3v) is 3.58. The van der Waals surface area contributed by atoms with Crippen LogP contribution >= 0.6 is 34.5 Å². The zero-order valence-corrected chi connectivity index (χ0v) is 10.7. The molecule has 0 aliphatic rings. The van der Waals surface area contributed by atoms with Crippen molar-refractivity contribution in [3.63, 3.8) is 0 Å². The molecule has 5 heteroatoms. The average molecular weight is 261 g/mol. The van der Waals surface area contributed by atoms with E-state index >= 15 is 0 Å². The number of nitrogens with zero attached hydrogens (tertiary/aromatic N) is 2. The highest BCUT2D eigenvalue weighted by Gasteiger charge is 2.13. The molecule has 0 aromatic carbocycles. The topological polar surface area (TPSA) is 17.8 Å². The van der Waals surface area contributed by atoms with Crippen LogP contribution in [0.25, 0.3) is 11.3 Å². The second-order valence-electron chi connectivity index (χ2n) is 3.49. The zero-order valence-electron chi connectivity index (χ0n) is 8.37. The molecule has 0 N–H and O–H groups in total. The van der Waals surface area contributed by atoms with E-state index in [2.05, 4.69) is 18.9 Å². The van der Waals surface area contributed by atoms with Crippen LogP contribution < -0.4 is 0 Å². The predicted octanol–water partition coefficient (Wildman–Crippen LogP) is 4.50. The Balaban J connectivity index is 2.54. The van der Waals surface area contributed by atoms with Gasteiger partial charge >= 0.3 is 0 Å². The molecule has 0 bridgehead atoms. The molecule has 0 aliphatic heterocycles. The molecular weight excluding hydrogens is 251 g/mol. The van der Waals surface area contributed by atoms with E-state index in [9.17, 15) is 0 Å². The summed E-state index contributed by atoms with van der Waals surface area (Å²) in [6.45, 7) is 4.16. The molecule has 0 spiro atoms. The van der Waals surface area contributed by atoms with Crippen molar-refractivity contribution in [1.82, 2.24) is 9.78 Å². The average Bonchev–Trinajstić information content (AvgIpc) is 2.71. The Morgan fingerprint density at radius 3 is 2.67 bits per heavy atom. The summed E-state index contributed by atoms with van der Waals surface area (Å²) in [6.07, 6.45) is 1.78. The molecule has 0 radical (unpaired) electrons. The largest absolute Gasteiger partial charge is 0.262 e. The van der Waals surface area contributed by atoms with Crippen molar-refractivity contribution < 1.29 is 0 Å². The molecule has 0 aliphatic carbocycles. The molecular formula is C10H10Cl2N2S. The molecule has 2 nitrogen and oxygen atoms in total. The van der Waals surface area contributed by atoms with Gasteiger partial charge in [-0.3, -0.25) is 4.68 Å². The molecule has 2 aromatic rings. The van der Waals surface area contributed by atoms with Crippen LogP contribution in [0.2, 0.25) is 8.67 Å². The maximum atomic E-state index is 6.11. The minimum atomic E-state index is 0.310. The highest BCUT2D eigenvalue weighted by atomic mass is 35.5. The van der Waals surface area contributed by atoms with Gasteiger partial charge in [-0.2, -0.15) is 5.10 Å². The van der Waals surface area contributed by atoms with Crippen LogP contribution in [0.5, 0.6) is 0 Å². The van der Waals surface area contributed by atoms with Gasteiger partial charge in [0.25, 0.3) is 0 Å². The van der Waals surface area contributed by atoms with Gasteiger partial charge in [0.2, 0.25) is 0 Å². The Hall–Kier alpha value is -0.510. The van der Waals surface area contributed by atoms with Crippen molar-refractivity contribution in [2.45, 2.75) is 19.9 Å². The lowest BCUT2D eigenvalue weighted by molar-refractivity contribution is 0.538. The lowest BCUT2D eigenvalue weighted by Gasteiger charge is -2.09. The van der Waals surface area contributed by atoms with E-state index in [1.807, 2.05) is 16.8 Å². The summed E-state index contributed by atoms with van der Waals surface area (Å²) in [6, 6.07) is 4.14. The summed E-state index contributed by atoms with van der Waals surface area (Å²) in [5.74, 6) is 0. The third kappa shape index (κ3) is 2.05. The van der Waals surface area contributed by atoms with E-state index in [1.165, 1.54) is 11.3 Å². The Morgan fingerprint density at radius 2 is 2.13 bits per heavy atom. The summed E-state index contributed by atoms with van der Waals surface area (Å²) in [4.78, 5) is 0. The van der Waals surface area contributed by atoms with Crippen molar-refractivity contribution in [2.24, 2.45) is 0 Å². The molecule has 0 fully saturated rings. The van der Waals surface area contributed by atoms with Crippen molar-refractivity contribution in [3.8, 4) is 11.3 Å². The summed E-state index contributed by atoms with van der Waals surface area (Å²) >= 11 is 13.4. The van der Waals surface area contributed by atoms with Crippen molar-refractivity contribution in [2.75, 3.05) is 0 Å². The minimum Gasteiger partial charge on any atom is -0.262 e. The number of hydrogen-bond acceptors (Lipinski definition) is 2. The van der Waals surface area contributed by atoms with Crippen LogP contribution in [0.15, 0.2) is 18.3 Å². The smallest absolute Gasteiger partial charge is 0.104 e. The van der Waals surface area contributed by atoms with Gasteiger partial charge in [-0.15, -0.1) is 11.3 Å². The molecule has 0 saturated carbocycles. The van der Waals surface area contributed by atoms with Crippen LogP contribution in [-0.2, 0) is 0 Å². The maximum absolute atomic E-state index is 6.11. The first-order valence-corrected chi connectivity index (χ1v) is 6.15. The highest BCUT2D eigenvalue weighted by molar-refractivity contribution is 7.20. The number of thiophene rings is 1. The van der Waals surface area contributed by atoms with Gasteiger partial charge in [-0.1, -0.05) is 23.2 Å².